The molecule has 1 saturated heterocycles. The van der Waals surface area contributed by atoms with Crippen LogP contribution in [0.3, 0.4) is 0 Å². The Kier molecular flexibility index (Phi) is 6.95. The Morgan fingerprint density at radius 2 is 1.90 bits per heavy atom. The molecule has 6 heteroatoms. The van der Waals surface area contributed by atoms with Crippen molar-refractivity contribution in [3.05, 3.63) is 0 Å². The molecule has 1 amide bonds. The van der Waals surface area contributed by atoms with Crippen molar-refractivity contribution >= 4 is 11.9 Å². The van der Waals surface area contributed by atoms with Gasteiger partial charge in [-0.2, -0.15) is 0 Å². The molecule has 116 valence electrons. The summed E-state index contributed by atoms with van der Waals surface area (Å²) >= 11 is 0. The normalized spacial score (nSPS) is 22.8. The molecule has 0 saturated carbocycles. The summed E-state index contributed by atoms with van der Waals surface area (Å²) in [6.07, 6.45) is 1.59. The third-order valence-corrected chi connectivity index (χ3v) is 3.53. The van der Waals surface area contributed by atoms with Crippen molar-refractivity contribution in [2.24, 2.45) is 0 Å². The van der Waals surface area contributed by atoms with Gasteiger partial charge in [0, 0.05) is 26.1 Å². The first-order chi connectivity index (χ1) is 9.53. The van der Waals surface area contributed by atoms with E-state index >= 15 is 0 Å². The van der Waals surface area contributed by atoms with Crippen LogP contribution in [0, 0.1) is 0 Å². The molecule has 1 aliphatic heterocycles. The standard InChI is InChI=1S/C14H26N2O4/c1-4-6-15(7-5-2)13(18)10-16-9-11(17)8-12(16)14(19)20-3/h11-12,17H,4-10H2,1-3H3. The smallest absolute Gasteiger partial charge is 0.323 e. The number of methoxy groups -OCH3 is 1. The number of nitrogens with zero attached hydrogens (tertiary/aromatic N) is 2. The van der Waals surface area contributed by atoms with E-state index in [1.165, 1.54) is 7.11 Å². The monoisotopic (exact) mass is 286 g/mol. The molecule has 0 spiro atoms. The van der Waals surface area contributed by atoms with Crippen molar-refractivity contribution in [3.63, 3.8) is 0 Å². The minimum atomic E-state index is -0.572. The number of likely N-dealkylation sites (tertiary alicyclic amines) is 1. The Bertz CT molecular complexity index is 329. The van der Waals surface area contributed by atoms with Crippen LogP contribution in [0.5, 0.6) is 0 Å². The van der Waals surface area contributed by atoms with Gasteiger partial charge in [0.2, 0.25) is 5.91 Å². The molecule has 0 aromatic carbocycles. The number of aliphatic hydroxyl groups is 1. The van der Waals surface area contributed by atoms with Gasteiger partial charge in [0.05, 0.1) is 19.8 Å². The lowest BCUT2D eigenvalue weighted by atomic mass is 10.2. The molecule has 0 aromatic rings. The van der Waals surface area contributed by atoms with Crippen LogP contribution in [0.1, 0.15) is 33.1 Å². The number of carbonyl (C=O) groups is 2. The minimum absolute atomic E-state index is 0.0108. The predicted molar refractivity (Wildman–Crippen MR) is 75.2 cm³/mol. The molecule has 6 nitrogen and oxygen atoms in total. The molecule has 20 heavy (non-hydrogen) atoms. The highest BCUT2D eigenvalue weighted by Crippen LogP contribution is 2.19. The predicted octanol–water partition coefficient (Wildman–Crippen LogP) is 0.243. The Morgan fingerprint density at radius 3 is 2.40 bits per heavy atom. The second kappa shape index (κ2) is 8.21. The maximum atomic E-state index is 12.3. The van der Waals surface area contributed by atoms with E-state index in [1.54, 1.807) is 4.90 Å². The fraction of sp³-hybridized carbons (Fsp3) is 0.857. The largest absolute Gasteiger partial charge is 0.468 e. The number of rotatable bonds is 7. The molecular weight excluding hydrogens is 260 g/mol. The lowest BCUT2D eigenvalue weighted by Crippen LogP contribution is -2.45. The van der Waals surface area contributed by atoms with Crippen molar-refractivity contribution < 1.29 is 19.4 Å². The summed E-state index contributed by atoms with van der Waals surface area (Å²) in [7, 11) is 1.33. The molecule has 1 rings (SSSR count). The van der Waals surface area contributed by atoms with Crippen LogP contribution in [-0.2, 0) is 14.3 Å². The van der Waals surface area contributed by atoms with Gasteiger partial charge in [0.15, 0.2) is 0 Å². The summed E-state index contributed by atoms with van der Waals surface area (Å²) in [5, 5.41) is 9.70. The molecule has 1 aliphatic rings. The fourth-order valence-electron chi connectivity index (χ4n) is 2.61. The van der Waals surface area contributed by atoms with E-state index in [-0.39, 0.29) is 18.4 Å². The maximum absolute atomic E-state index is 12.3. The van der Waals surface area contributed by atoms with E-state index in [4.69, 9.17) is 4.74 Å². The van der Waals surface area contributed by atoms with E-state index in [9.17, 15) is 14.7 Å². The molecule has 0 aromatic heterocycles. The van der Waals surface area contributed by atoms with Gasteiger partial charge in [-0.3, -0.25) is 14.5 Å². The average Bonchev–Trinajstić information content (AvgIpc) is 2.78. The number of carbonyl (C=O) groups excluding carboxylic acids is 2. The summed E-state index contributed by atoms with van der Waals surface area (Å²) in [6, 6.07) is -0.510. The van der Waals surface area contributed by atoms with Gasteiger partial charge in [0.1, 0.15) is 6.04 Å². The first-order valence-corrected chi connectivity index (χ1v) is 7.31. The van der Waals surface area contributed by atoms with Crippen LogP contribution in [0.15, 0.2) is 0 Å². The van der Waals surface area contributed by atoms with Gasteiger partial charge in [-0.25, -0.2) is 0 Å². The zero-order valence-electron chi connectivity index (χ0n) is 12.7. The number of hydrogen-bond acceptors (Lipinski definition) is 5. The Hall–Kier alpha value is -1.14. The zero-order chi connectivity index (χ0) is 15.1. The summed E-state index contributed by atoms with van der Waals surface area (Å²) in [4.78, 5) is 27.5. The van der Waals surface area contributed by atoms with Crippen molar-refractivity contribution in [1.29, 1.82) is 0 Å². The lowest BCUT2D eigenvalue weighted by Gasteiger charge is -2.27. The van der Waals surface area contributed by atoms with Gasteiger partial charge >= 0.3 is 5.97 Å². The number of ether oxygens (including phenoxy) is 1. The minimum Gasteiger partial charge on any atom is -0.468 e. The van der Waals surface area contributed by atoms with Crippen LogP contribution in [0.2, 0.25) is 0 Å². The molecule has 2 unspecified atom stereocenters. The third kappa shape index (κ3) is 4.45. The number of amides is 1. The summed E-state index contributed by atoms with van der Waals surface area (Å²) in [5.41, 5.74) is 0. The van der Waals surface area contributed by atoms with E-state index < -0.39 is 12.1 Å². The van der Waals surface area contributed by atoms with Gasteiger partial charge < -0.3 is 14.7 Å². The molecule has 0 aliphatic carbocycles. The molecule has 1 N–H and O–H groups in total. The van der Waals surface area contributed by atoms with Gasteiger partial charge in [-0.05, 0) is 12.8 Å². The highest BCUT2D eigenvalue weighted by Gasteiger charge is 2.38. The second-order valence-electron chi connectivity index (χ2n) is 5.24. The highest BCUT2D eigenvalue weighted by atomic mass is 16.5. The SMILES string of the molecule is CCCN(CCC)C(=O)CN1CC(O)CC1C(=O)OC. The van der Waals surface area contributed by atoms with Crippen LogP contribution < -0.4 is 0 Å². The summed E-state index contributed by atoms with van der Waals surface area (Å²) in [6.45, 7) is 6.03. The first kappa shape index (κ1) is 16.9. The molecule has 0 radical (unpaired) electrons. The molecular formula is C14H26N2O4. The van der Waals surface area contributed by atoms with Crippen molar-refractivity contribution in [3.8, 4) is 0 Å². The third-order valence-electron chi connectivity index (χ3n) is 3.53. The second-order valence-corrected chi connectivity index (χ2v) is 5.24. The van der Waals surface area contributed by atoms with Crippen LogP contribution >= 0.6 is 0 Å². The highest BCUT2D eigenvalue weighted by molar-refractivity contribution is 5.81. The van der Waals surface area contributed by atoms with Crippen LogP contribution in [0.4, 0.5) is 0 Å². The molecule has 1 heterocycles. The molecule has 0 bridgehead atoms. The lowest BCUT2D eigenvalue weighted by molar-refractivity contribution is -0.146. The van der Waals surface area contributed by atoms with Gasteiger partial charge in [-0.15, -0.1) is 0 Å². The summed E-state index contributed by atoms with van der Waals surface area (Å²) in [5.74, 6) is -0.372. The van der Waals surface area contributed by atoms with Crippen LogP contribution in [-0.4, -0.2) is 72.2 Å². The maximum Gasteiger partial charge on any atom is 0.323 e. The number of β-amino-alcohol motifs (C(OH)–C–C–N with tert-alkyl or cyclic N) is 1. The summed E-state index contributed by atoms with van der Waals surface area (Å²) < 4.78 is 4.73. The van der Waals surface area contributed by atoms with E-state index in [1.807, 2.05) is 18.7 Å². The molecule has 2 atom stereocenters. The number of hydrogen-bond donors (Lipinski definition) is 1. The van der Waals surface area contributed by atoms with Crippen molar-refractivity contribution in [2.45, 2.75) is 45.3 Å². The van der Waals surface area contributed by atoms with Crippen molar-refractivity contribution in [2.75, 3.05) is 33.3 Å². The van der Waals surface area contributed by atoms with Gasteiger partial charge in [0.25, 0.3) is 0 Å². The quantitative estimate of drug-likeness (QED) is 0.679. The average molecular weight is 286 g/mol. The van der Waals surface area contributed by atoms with Crippen LogP contribution in [0.25, 0.3) is 0 Å². The number of aliphatic hydroxyl groups excluding tert-OH is 1. The Morgan fingerprint density at radius 1 is 1.30 bits per heavy atom. The number of esters is 1. The Balaban J connectivity index is 2.64. The van der Waals surface area contributed by atoms with E-state index in [2.05, 4.69) is 0 Å². The zero-order valence-corrected chi connectivity index (χ0v) is 12.7. The first-order valence-electron chi connectivity index (χ1n) is 7.31. The topological polar surface area (TPSA) is 70.1 Å². The van der Waals surface area contributed by atoms with E-state index in [0.717, 1.165) is 25.9 Å². The fourth-order valence-corrected chi connectivity index (χ4v) is 2.61. The molecule has 1 fully saturated rings. The van der Waals surface area contributed by atoms with Crippen molar-refractivity contribution in [1.82, 2.24) is 9.80 Å². The van der Waals surface area contributed by atoms with E-state index in [0.29, 0.717) is 13.0 Å². The van der Waals surface area contributed by atoms with Gasteiger partial charge in [-0.1, -0.05) is 13.8 Å². The Labute approximate surface area is 120 Å².